The van der Waals surface area contributed by atoms with Gasteiger partial charge in [-0.2, -0.15) is 5.10 Å². The Morgan fingerprint density at radius 2 is 2.30 bits per heavy atom. The molecule has 0 bridgehead atoms. The molecule has 1 fully saturated rings. The fraction of sp³-hybridized carbons (Fsp3) is 0.500. The lowest BCUT2D eigenvalue weighted by Gasteiger charge is -2.32. The van der Waals surface area contributed by atoms with Gasteiger partial charge >= 0.3 is 0 Å². The zero-order valence-electron chi connectivity index (χ0n) is 11.6. The fourth-order valence-corrected chi connectivity index (χ4v) is 2.38. The van der Waals surface area contributed by atoms with Crippen LogP contribution in [0.4, 0.5) is 0 Å². The Morgan fingerprint density at radius 1 is 1.35 bits per heavy atom. The van der Waals surface area contributed by atoms with Gasteiger partial charge in [-0.05, 0) is 13.0 Å². The molecule has 0 aliphatic carbocycles. The highest BCUT2D eigenvalue weighted by atomic mass is 16.5. The van der Waals surface area contributed by atoms with E-state index in [4.69, 9.17) is 4.74 Å². The van der Waals surface area contributed by atoms with Crippen molar-refractivity contribution in [2.24, 2.45) is 0 Å². The van der Waals surface area contributed by atoms with Gasteiger partial charge in [-0.25, -0.2) is 0 Å². The van der Waals surface area contributed by atoms with Crippen LogP contribution in [0.5, 0.6) is 0 Å². The molecule has 6 heteroatoms. The predicted octanol–water partition coefficient (Wildman–Crippen LogP) is 0.883. The first-order valence-electron chi connectivity index (χ1n) is 6.88. The Morgan fingerprint density at radius 3 is 3.05 bits per heavy atom. The quantitative estimate of drug-likeness (QED) is 0.828. The molecule has 3 heterocycles. The van der Waals surface area contributed by atoms with Gasteiger partial charge in [0.05, 0.1) is 30.6 Å². The first-order valence-corrected chi connectivity index (χ1v) is 6.88. The molecule has 0 saturated carbocycles. The minimum atomic E-state index is 0.182. The summed E-state index contributed by atoms with van der Waals surface area (Å²) < 4.78 is 7.72. The molecule has 1 aliphatic heterocycles. The summed E-state index contributed by atoms with van der Waals surface area (Å²) in [6.45, 7) is 6.16. The summed E-state index contributed by atoms with van der Waals surface area (Å²) in [5, 5.41) is 4.22. The van der Waals surface area contributed by atoms with Crippen LogP contribution >= 0.6 is 0 Å². The molecule has 0 radical (unpaired) electrons. The second kappa shape index (κ2) is 6.11. The van der Waals surface area contributed by atoms with Crippen molar-refractivity contribution < 1.29 is 4.74 Å². The van der Waals surface area contributed by atoms with Gasteiger partial charge < -0.3 is 4.74 Å². The van der Waals surface area contributed by atoms with Gasteiger partial charge in [0.2, 0.25) is 0 Å². The monoisotopic (exact) mass is 273 g/mol. The van der Waals surface area contributed by atoms with E-state index in [1.54, 1.807) is 6.20 Å². The summed E-state index contributed by atoms with van der Waals surface area (Å²) >= 11 is 0. The largest absolute Gasteiger partial charge is 0.374 e. The molecule has 20 heavy (non-hydrogen) atoms. The third-order valence-corrected chi connectivity index (χ3v) is 3.39. The van der Waals surface area contributed by atoms with Crippen molar-refractivity contribution in [3.05, 3.63) is 42.2 Å². The van der Waals surface area contributed by atoms with E-state index >= 15 is 0 Å². The van der Waals surface area contributed by atoms with Crippen molar-refractivity contribution in [2.45, 2.75) is 26.1 Å². The van der Waals surface area contributed by atoms with Crippen LogP contribution in [-0.2, 0) is 17.8 Å². The van der Waals surface area contributed by atoms with Crippen LogP contribution in [0.3, 0.4) is 0 Å². The zero-order valence-corrected chi connectivity index (χ0v) is 11.6. The lowest BCUT2D eigenvalue weighted by molar-refractivity contribution is -0.0405. The summed E-state index contributed by atoms with van der Waals surface area (Å²) in [6, 6.07) is 1.93. The lowest BCUT2D eigenvalue weighted by atomic mass is 10.2. The van der Waals surface area contributed by atoms with Crippen molar-refractivity contribution in [3.8, 4) is 0 Å². The van der Waals surface area contributed by atoms with Crippen LogP contribution in [0.1, 0.15) is 11.4 Å². The minimum Gasteiger partial charge on any atom is -0.374 e. The normalized spacial score (nSPS) is 20.1. The third-order valence-electron chi connectivity index (χ3n) is 3.39. The average Bonchev–Trinajstić information content (AvgIpc) is 2.95. The van der Waals surface area contributed by atoms with Crippen molar-refractivity contribution in [1.82, 2.24) is 24.6 Å². The van der Waals surface area contributed by atoms with Gasteiger partial charge in [0, 0.05) is 44.4 Å². The van der Waals surface area contributed by atoms with Gasteiger partial charge in [-0.1, -0.05) is 0 Å². The molecule has 0 N–H and O–H groups in total. The molecule has 0 amide bonds. The van der Waals surface area contributed by atoms with Gasteiger partial charge in [0.1, 0.15) is 0 Å². The predicted molar refractivity (Wildman–Crippen MR) is 74.0 cm³/mol. The highest BCUT2D eigenvalue weighted by molar-refractivity contribution is 5.00. The van der Waals surface area contributed by atoms with Crippen molar-refractivity contribution >= 4 is 0 Å². The molecule has 2 aromatic heterocycles. The Kier molecular flexibility index (Phi) is 4.03. The smallest absolute Gasteiger partial charge is 0.0898 e. The SMILES string of the molecule is Cc1cnc(CN2CCO[C@@H](Cn3cccn3)C2)cn1. The number of ether oxygens (including phenoxy) is 1. The molecule has 106 valence electrons. The van der Waals surface area contributed by atoms with Crippen LogP contribution in [0.25, 0.3) is 0 Å². The van der Waals surface area contributed by atoms with E-state index in [1.807, 2.05) is 36.3 Å². The van der Waals surface area contributed by atoms with Gasteiger partial charge in [0.25, 0.3) is 0 Å². The van der Waals surface area contributed by atoms with E-state index in [9.17, 15) is 0 Å². The number of hydrogen-bond acceptors (Lipinski definition) is 5. The average molecular weight is 273 g/mol. The number of aromatic nitrogens is 4. The van der Waals surface area contributed by atoms with E-state index in [-0.39, 0.29) is 6.10 Å². The van der Waals surface area contributed by atoms with Crippen molar-refractivity contribution in [1.29, 1.82) is 0 Å². The zero-order chi connectivity index (χ0) is 13.8. The Balaban J connectivity index is 1.56. The van der Waals surface area contributed by atoms with E-state index in [0.29, 0.717) is 0 Å². The second-order valence-corrected chi connectivity index (χ2v) is 5.11. The lowest BCUT2D eigenvalue weighted by Crippen LogP contribution is -2.43. The molecular formula is C14H19N5O. The summed E-state index contributed by atoms with van der Waals surface area (Å²) in [5.74, 6) is 0. The van der Waals surface area contributed by atoms with Gasteiger partial charge in [-0.15, -0.1) is 0 Å². The Labute approximate surface area is 118 Å². The number of hydrogen-bond donors (Lipinski definition) is 0. The van der Waals surface area contributed by atoms with Crippen LogP contribution in [0, 0.1) is 6.92 Å². The number of aryl methyl sites for hydroxylation is 1. The molecule has 6 nitrogen and oxygen atoms in total. The van der Waals surface area contributed by atoms with Gasteiger partial charge in [0.15, 0.2) is 0 Å². The molecule has 1 atom stereocenters. The summed E-state index contributed by atoms with van der Waals surface area (Å²) in [6.07, 6.45) is 7.61. The molecule has 0 aromatic carbocycles. The van der Waals surface area contributed by atoms with Crippen molar-refractivity contribution in [3.63, 3.8) is 0 Å². The molecule has 0 spiro atoms. The minimum absolute atomic E-state index is 0.182. The van der Waals surface area contributed by atoms with E-state index in [1.165, 1.54) is 0 Å². The van der Waals surface area contributed by atoms with Gasteiger partial charge in [-0.3, -0.25) is 19.5 Å². The maximum absolute atomic E-state index is 5.80. The first-order chi connectivity index (χ1) is 9.79. The molecule has 1 saturated heterocycles. The Bertz CT molecular complexity index is 525. The van der Waals surface area contributed by atoms with E-state index < -0.39 is 0 Å². The van der Waals surface area contributed by atoms with Crippen LogP contribution in [0.2, 0.25) is 0 Å². The summed E-state index contributed by atoms with van der Waals surface area (Å²) in [5.41, 5.74) is 1.96. The highest BCUT2D eigenvalue weighted by Gasteiger charge is 2.21. The van der Waals surface area contributed by atoms with Crippen LogP contribution in [-0.4, -0.2) is 50.4 Å². The first kappa shape index (κ1) is 13.2. The molecule has 1 aliphatic rings. The molecule has 3 rings (SSSR count). The standard InChI is InChI=1S/C14H19N5O/c1-12-7-16-13(8-15-12)9-18-5-6-20-14(10-18)11-19-4-2-3-17-19/h2-4,7-8,14H,5-6,9-11H2,1H3/t14-/m1/s1. The highest BCUT2D eigenvalue weighted by Crippen LogP contribution is 2.10. The van der Waals surface area contributed by atoms with Crippen LogP contribution in [0.15, 0.2) is 30.9 Å². The van der Waals surface area contributed by atoms with Crippen LogP contribution < -0.4 is 0 Å². The molecular weight excluding hydrogens is 254 g/mol. The second-order valence-electron chi connectivity index (χ2n) is 5.11. The number of morpholine rings is 1. The number of nitrogens with zero attached hydrogens (tertiary/aromatic N) is 5. The maximum atomic E-state index is 5.80. The summed E-state index contributed by atoms with van der Waals surface area (Å²) in [7, 11) is 0. The summed E-state index contributed by atoms with van der Waals surface area (Å²) in [4.78, 5) is 11.1. The van der Waals surface area contributed by atoms with E-state index in [2.05, 4.69) is 20.0 Å². The maximum Gasteiger partial charge on any atom is 0.0898 e. The Hall–Kier alpha value is -1.79. The number of rotatable bonds is 4. The third kappa shape index (κ3) is 3.40. The van der Waals surface area contributed by atoms with E-state index in [0.717, 1.165) is 44.2 Å². The fourth-order valence-electron chi connectivity index (χ4n) is 2.38. The molecule has 0 unspecified atom stereocenters. The topological polar surface area (TPSA) is 56.1 Å². The molecule has 2 aromatic rings. The van der Waals surface area contributed by atoms with Crippen molar-refractivity contribution in [2.75, 3.05) is 19.7 Å².